The van der Waals surface area contributed by atoms with Crippen LogP contribution in [0.1, 0.15) is 31.9 Å². The number of benzene rings is 1. The van der Waals surface area contributed by atoms with Gasteiger partial charge in [-0.2, -0.15) is 0 Å². The summed E-state index contributed by atoms with van der Waals surface area (Å²) in [5.74, 6) is -0.0247. The molecule has 0 fully saturated rings. The van der Waals surface area contributed by atoms with Crippen LogP contribution in [0.3, 0.4) is 0 Å². The van der Waals surface area contributed by atoms with E-state index in [1.807, 2.05) is 0 Å². The molecule has 0 aliphatic heterocycles. The summed E-state index contributed by atoms with van der Waals surface area (Å²) in [7, 11) is 0. The van der Waals surface area contributed by atoms with Crippen molar-refractivity contribution in [2.75, 3.05) is 0 Å². The molecule has 0 aromatic heterocycles. The van der Waals surface area contributed by atoms with Gasteiger partial charge in [0.05, 0.1) is 5.02 Å². The second kappa shape index (κ2) is 4.76. The molecule has 1 aromatic carbocycles. The van der Waals surface area contributed by atoms with Gasteiger partial charge in [-0.15, -0.1) is 0 Å². The number of nitrogens with two attached hydrogens (primary N) is 1. The van der Waals surface area contributed by atoms with E-state index >= 15 is 0 Å². The molecule has 0 spiro atoms. The average Bonchev–Trinajstić information content (AvgIpc) is 2.20. The third-order valence-corrected chi connectivity index (χ3v) is 2.88. The highest BCUT2D eigenvalue weighted by Gasteiger charge is 2.14. The first kappa shape index (κ1) is 11.5. The van der Waals surface area contributed by atoms with E-state index in [2.05, 4.69) is 13.8 Å². The van der Waals surface area contributed by atoms with Crippen LogP contribution in [0.25, 0.3) is 0 Å². The van der Waals surface area contributed by atoms with Gasteiger partial charge in [0.1, 0.15) is 5.82 Å². The zero-order chi connectivity index (χ0) is 10.7. The van der Waals surface area contributed by atoms with E-state index in [-0.39, 0.29) is 11.1 Å². The monoisotopic (exact) mass is 215 g/mol. The largest absolute Gasteiger partial charge is 0.324 e. The summed E-state index contributed by atoms with van der Waals surface area (Å²) in [6, 6.07) is 4.59. The van der Waals surface area contributed by atoms with Crippen molar-refractivity contribution in [3.63, 3.8) is 0 Å². The SMILES string of the molecule is CCC(C)[C@@H](N)c1ccc(F)c(Cl)c1. The van der Waals surface area contributed by atoms with E-state index in [9.17, 15) is 4.39 Å². The molecule has 0 aliphatic carbocycles. The lowest BCUT2D eigenvalue weighted by Gasteiger charge is -2.18. The van der Waals surface area contributed by atoms with E-state index in [0.29, 0.717) is 5.92 Å². The molecule has 2 atom stereocenters. The first-order chi connectivity index (χ1) is 6.56. The average molecular weight is 216 g/mol. The van der Waals surface area contributed by atoms with E-state index in [4.69, 9.17) is 17.3 Å². The van der Waals surface area contributed by atoms with Crippen LogP contribution in [0, 0.1) is 11.7 Å². The predicted octanol–water partition coefficient (Wildman–Crippen LogP) is 3.53. The molecule has 14 heavy (non-hydrogen) atoms. The molecule has 0 radical (unpaired) electrons. The predicted molar refractivity (Wildman–Crippen MR) is 57.8 cm³/mol. The Kier molecular flexibility index (Phi) is 3.90. The van der Waals surface area contributed by atoms with Crippen LogP contribution in [-0.4, -0.2) is 0 Å². The van der Waals surface area contributed by atoms with Gasteiger partial charge < -0.3 is 5.73 Å². The summed E-state index contributed by atoms with van der Waals surface area (Å²) in [5.41, 5.74) is 6.88. The van der Waals surface area contributed by atoms with E-state index in [0.717, 1.165) is 12.0 Å². The maximum atomic E-state index is 12.9. The molecule has 3 heteroatoms. The first-order valence-electron chi connectivity index (χ1n) is 4.76. The molecule has 0 saturated carbocycles. The van der Waals surface area contributed by atoms with Crippen molar-refractivity contribution in [2.24, 2.45) is 11.7 Å². The fourth-order valence-electron chi connectivity index (χ4n) is 1.30. The molecule has 0 heterocycles. The summed E-state index contributed by atoms with van der Waals surface area (Å²) >= 11 is 5.68. The van der Waals surface area contributed by atoms with E-state index in [1.54, 1.807) is 12.1 Å². The summed E-state index contributed by atoms with van der Waals surface area (Å²) in [6.07, 6.45) is 0.996. The van der Waals surface area contributed by atoms with Crippen molar-refractivity contribution in [1.82, 2.24) is 0 Å². The van der Waals surface area contributed by atoms with Crippen molar-refractivity contribution in [1.29, 1.82) is 0 Å². The molecule has 1 aromatic rings. The van der Waals surface area contributed by atoms with E-state index in [1.165, 1.54) is 6.07 Å². The molecule has 1 rings (SSSR count). The second-order valence-electron chi connectivity index (χ2n) is 3.58. The van der Waals surface area contributed by atoms with Crippen molar-refractivity contribution in [2.45, 2.75) is 26.3 Å². The fraction of sp³-hybridized carbons (Fsp3) is 0.455. The molecule has 1 nitrogen and oxygen atoms in total. The van der Waals surface area contributed by atoms with Gasteiger partial charge in [-0.1, -0.05) is 37.9 Å². The molecule has 2 N–H and O–H groups in total. The molecule has 0 aliphatic rings. The summed E-state index contributed by atoms with van der Waals surface area (Å²) in [6.45, 7) is 4.15. The van der Waals surface area contributed by atoms with Gasteiger partial charge in [0.25, 0.3) is 0 Å². The van der Waals surface area contributed by atoms with Crippen LogP contribution in [-0.2, 0) is 0 Å². The summed E-state index contributed by atoms with van der Waals surface area (Å²) in [5, 5.41) is 0.140. The maximum absolute atomic E-state index is 12.9. The second-order valence-corrected chi connectivity index (χ2v) is 3.99. The van der Waals surface area contributed by atoms with Crippen LogP contribution in [0.4, 0.5) is 4.39 Å². The lowest BCUT2D eigenvalue weighted by atomic mass is 9.93. The van der Waals surface area contributed by atoms with Crippen molar-refractivity contribution in [3.05, 3.63) is 34.6 Å². The van der Waals surface area contributed by atoms with Gasteiger partial charge in [-0.25, -0.2) is 4.39 Å². The van der Waals surface area contributed by atoms with Gasteiger partial charge >= 0.3 is 0 Å². The molecule has 0 bridgehead atoms. The minimum atomic E-state index is -0.397. The Hall–Kier alpha value is -0.600. The van der Waals surface area contributed by atoms with Gasteiger partial charge in [0.15, 0.2) is 0 Å². The highest BCUT2D eigenvalue weighted by atomic mass is 35.5. The molecule has 78 valence electrons. The van der Waals surface area contributed by atoms with Crippen LogP contribution >= 0.6 is 11.6 Å². The highest BCUT2D eigenvalue weighted by molar-refractivity contribution is 6.30. The number of hydrogen-bond donors (Lipinski definition) is 1. The van der Waals surface area contributed by atoms with Crippen LogP contribution < -0.4 is 5.73 Å². The zero-order valence-electron chi connectivity index (χ0n) is 8.43. The Morgan fingerprint density at radius 1 is 1.50 bits per heavy atom. The highest BCUT2D eigenvalue weighted by Crippen LogP contribution is 2.25. The van der Waals surface area contributed by atoms with Crippen LogP contribution in [0.15, 0.2) is 18.2 Å². The van der Waals surface area contributed by atoms with Crippen molar-refractivity contribution >= 4 is 11.6 Å². The normalized spacial score (nSPS) is 15.2. The summed E-state index contributed by atoms with van der Waals surface area (Å²) in [4.78, 5) is 0. The number of rotatable bonds is 3. The van der Waals surface area contributed by atoms with Crippen LogP contribution in [0.2, 0.25) is 5.02 Å². The Morgan fingerprint density at radius 2 is 2.14 bits per heavy atom. The number of hydrogen-bond acceptors (Lipinski definition) is 1. The Labute approximate surface area is 89.1 Å². The third kappa shape index (κ3) is 2.46. The molecular formula is C11H15ClFN. The first-order valence-corrected chi connectivity index (χ1v) is 5.14. The minimum Gasteiger partial charge on any atom is -0.324 e. The van der Waals surface area contributed by atoms with Gasteiger partial charge in [-0.3, -0.25) is 0 Å². The maximum Gasteiger partial charge on any atom is 0.141 e. The smallest absolute Gasteiger partial charge is 0.141 e. The topological polar surface area (TPSA) is 26.0 Å². The lowest BCUT2D eigenvalue weighted by Crippen LogP contribution is -2.18. The molecule has 0 amide bonds. The molecule has 1 unspecified atom stereocenters. The Balaban J connectivity index is 2.91. The van der Waals surface area contributed by atoms with Crippen molar-refractivity contribution < 1.29 is 4.39 Å². The minimum absolute atomic E-state index is 0.0712. The molecular weight excluding hydrogens is 201 g/mol. The third-order valence-electron chi connectivity index (χ3n) is 2.59. The van der Waals surface area contributed by atoms with Gasteiger partial charge in [-0.05, 0) is 23.6 Å². The standard InChI is InChI=1S/C11H15ClFN/c1-3-7(2)11(14)8-4-5-10(13)9(12)6-8/h4-7,11H,3,14H2,1-2H3/t7?,11-/m1/s1. The van der Waals surface area contributed by atoms with Gasteiger partial charge in [0, 0.05) is 6.04 Å². The molecule has 0 saturated heterocycles. The van der Waals surface area contributed by atoms with Crippen LogP contribution in [0.5, 0.6) is 0 Å². The van der Waals surface area contributed by atoms with Gasteiger partial charge in [0.2, 0.25) is 0 Å². The summed E-state index contributed by atoms with van der Waals surface area (Å²) < 4.78 is 12.9. The zero-order valence-corrected chi connectivity index (χ0v) is 9.18. The van der Waals surface area contributed by atoms with Crippen molar-refractivity contribution in [3.8, 4) is 0 Å². The Bertz CT molecular complexity index is 314. The Morgan fingerprint density at radius 3 is 2.64 bits per heavy atom. The fourth-order valence-corrected chi connectivity index (χ4v) is 1.49. The lowest BCUT2D eigenvalue weighted by molar-refractivity contribution is 0.456. The quantitative estimate of drug-likeness (QED) is 0.820. The number of halogens is 2. The van der Waals surface area contributed by atoms with E-state index < -0.39 is 5.82 Å².